The third kappa shape index (κ3) is 4.27. The summed E-state index contributed by atoms with van der Waals surface area (Å²) >= 11 is 0. The van der Waals surface area contributed by atoms with Crippen molar-refractivity contribution >= 4 is 11.9 Å². The topological polar surface area (TPSA) is 87.1 Å². The number of morpholine rings is 1. The summed E-state index contributed by atoms with van der Waals surface area (Å²) in [6.07, 6.45) is 2.46. The summed E-state index contributed by atoms with van der Waals surface area (Å²) in [6, 6.07) is 3.62. The molecule has 2 aliphatic heterocycles. The first kappa shape index (κ1) is 16.8. The number of hydrogen-bond acceptors (Lipinski definition) is 5. The van der Waals surface area contributed by atoms with Gasteiger partial charge in [-0.1, -0.05) is 0 Å². The van der Waals surface area contributed by atoms with Crippen molar-refractivity contribution < 1.29 is 18.7 Å². The van der Waals surface area contributed by atoms with Gasteiger partial charge in [0.15, 0.2) is 5.76 Å². The lowest BCUT2D eigenvalue weighted by Crippen LogP contribution is -2.47. The van der Waals surface area contributed by atoms with Gasteiger partial charge >= 0.3 is 6.03 Å². The number of nitrogens with one attached hydrogen (secondary N) is 2. The highest BCUT2D eigenvalue weighted by atomic mass is 16.5. The molecule has 1 aromatic heterocycles. The predicted octanol–water partition coefficient (Wildman–Crippen LogP) is 0.126. The largest absolute Gasteiger partial charge is 0.459 e. The van der Waals surface area contributed by atoms with Crippen molar-refractivity contribution in [2.75, 3.05) is 52.5 Å². The number of furan rings is 1. The van der Waals surface area contributed by atoms with Crippen LogP contribution in [0.5, 0.6) is 0 Å². The fourth-order valence-corrected chi connectivity index (χ4v) is 3.12. The van der Waals surface area contributed by atoms with Crippen molar-refractivity contribution in [1.29, 1.82) is 0 Å². The number of amides is 3. The van der Waals surface area contributed by atoms with E-state index in [2.05, 4.69) is 15.5 Å². The molecule has 0 bridgehead atoms. The van der Waals surface area contributed by atoms with E-state index in [4.69, 9.17) is 9.15 Å². The zero-order chi connectivity index (χ0) is 16.8. The highest BCUT2D eigenvalue weighted by molar-refractivity contribution is 5.91. The Kier molecular flexibility index (Phi) is 5.71. The Morgan fingerprint density at radius 1 is 1.17 bits per heavy atom. The maximum absolute atomic E-state index is 12.2. The molecule has 0 spiro atoms. The van der Waals surface area contributed by atoms with Crippen LogP contribution in [0.15, 0.2) is 22.8 Å². The molecule has 132 valence electrons. The SMILES string of the molecule is O=C(NCCNC(=O)N1CC[C@@H](N2CCOCC2)C1)c1ccco1. The summed E-state index contributed by atoms with van der Waals surface area (Å²) in [5.74, 6) is -0.00275. The van der Waals surface area contributed by atoms with Crippen LogP contribution in [-0.4, -0.2) is 80.3 Å². The van der Waals surface area contributed by atoms with Crippen LogP contribution >= 0.6 is 0 Å². The van der Waals surface area contributed by atoms with Crippen LogP contribution in [0.3, 0.4) is 0 Å². The van der Waals surface area contributed by atoms with Crippen LogP contribution in [-0.2, 0) is 4.74 Å². The number of carbonyl (C=O) groups excluding carboxylic acids is 2. The fraction of sp³-hybridized carbons (Fsp3) is 0.625. The molecule has 0 radical (unpaired) electrons. The van der Waals surface area contributed by atoms with E-state index < -0.39 is 0 Å². The van der Waals surface area contributed by atoms with Crippen molar-refractivity contribution in [2.45, 2.75) is 12.5 Å². The number of urea groups is 1. The quantitative estimate of drug-likeness (QED) is 0.746. The summed E-state index contributed by atoms with van der Waals surface area (Å²) in [5.41, 5.74) is 0. The molecule has 8 heteroatoms. The van der Waals surface area contributed by atoms with E-state index in [1.807, 2.05) is 4.90 Å². The van der Waals surface area contributed by atoms with E-state index in [9.17, 15) is 9.59 Å². The third-order valence-corrected chi connectivity index (χ3v) is 4.44. The van der Waals surface area contributed by atoms with Gasteiger partial charge in [-0.2, -0.15) is 0 Å². The zero-order valence-electron chi connectivity index (χ0n) is 13.7. The molecule has 8 nitrogen and oxygen atoms in total. The first-order valence-electron chi connectivity index (χ1n) is 8.40. The summed E-state index contributed by atoms with van der Waals surface area (Å²) < 4.78 is 10.4. The lowest BCUT2D eigenvalue weighted by Gasteiger charge is -2.32. The lowest BCUT2D eigenvalue weighted by molar-refractivity contribution is 0.0191. The summed E-state index contributed by atoms with van der Waals surface area (Å²) in [5, 5.41) is 5.55. The van der Waals surface area contributed by atoms with Gasteiger partial charge in [0.25, 0.3) is 5.91 Å². The maximum atomic E-state index is 12.2. The summed E-state index contributed by atoms with van der Waals surface area (Å²) in [6.45, 7) is 5.72. The Morgan fingerprint density at radius 2 is 1.96 bits per heavy atom. The zero-order valence-corrected chi connectivity index (χ0v) is 13.7. The van der Waals surface area contributed by atoms with Crippen LogP contribution in [0.4, 0.5) is 4.79 Å². The van der Waals surface area contributed by atoms with Crippen LogP contribution < -0.4 is 10.6 Å². The monoisotopic (exact) mass is 336 g/mol. The standard InChI is InChI=1S/C16H24N4O4/c21-15(14-2-1-9-24-14)17-4-5-18-16(22)20-6-3-13(12-20)19-7-10-23-11-8-19/h1-2,9,13H,3-8,10-12H2,(H,17,21)(H,18,22)/t13-/m1/s1. The van der Waals surface area contributed by atoms with Crippen LogP contribution in [0.1, 0.15) is 17.0 Å². The highest BCUT2D eigenvalue weighted by Gasteiger charge is 2.30. The number of hydrogen-bond donors (Lipinski definition) is 2. The van der Waals surface area contributed by atoms with Crippen molar-refractivity contribution in [3.8, 4) is 0 Å². The second-order valence-corrected chi connectivity index (χ2v) is 6.00. The minimum atomic E-state index is -0.275. The Bertz CT molecular complexity index is 542. The van der Waals surface area contributed by atoms with Crippen molar-refractivity contribution in [3.05, 3.63) is 24.2 Å². The third-order valence-electron chi connectivity index (χ3n) is 4.44. The molecule has 1 aromatic rings. The molecule has 2 N–H and O–H groups in total. The number of rotatable bonds is 5. The van der Waals surface area contributed by atoms with Crippen LogP contribution in [0.2, 0.25) is 0 Å². The van der Waals surface area contributed by atoms with Gasteiger partial charge in [0.2, 0.25) is 0 Å². The van der Waals surface area contributed by atoms with Gasteiger partial charge in [-0.3, -0.25) is 9.69 Å². The van der Waals surface area contributed by atoms with E-state index in [1.165, 1.54) is 6.26 Å². The first-order chi connectivity index (χ1) is 11.7. The predicted molar refractivity (Wildman–Crippen MR) is 86.8 cm³/mol. The molecule has 3 rings (SSSR count). The van der Waals surface area contributed by atoms with Gasteiger partial charge in [0.05, 0.1) is 19.5 Å². The van der Waals surface area contributed by atoms with Crippen molar-refractivity contribution in [3.63, 3.8) is 0 Å². The molecular formula is C16H24N4O4. The summed E-state index contributed by atoms with van der Waals surface area (Å²) in [7, 11) is 0. The van der Waals surface area contributed by atoms with Crippen molar-refractivity contribution in [1.82, 2.24) is 20.4 Å². The van der Waals surface area contributed by atoms with E-state index in [1.54, 1.807) is 12.1 Å². The van der Waals surface area contributed by atoms with Gasteiger partial charge in [0, 0.05) is 45.3 Å². The minimum absolute atomic E-state index is 0.0713. The molecule has 0 saturated carbocycles. The average Bonchev–Trinajstić information content (AvgIpc) is 3.31. The van der Waals surface area contributed by atoms with E-state index in [0.717, 1.165) is 45.8 Å². The van der Waals surface area contributed by atoms with Gasteiger partial charge in [0.1, 0.15) is 0 Å². The Morgan fingerprint density at radius 3 is 2.71 bits per heavy atom. The van der Waals surface area contributed by atoms with Gasteiger partial charge in [-0.15, -0.1) is 0 Å². The molecule has 0 aromatic carbocycles. The van der Waals surface area contributed by atoms with E-state index >= 15 is 0 Å². The molecule has 0 unspecified atom stereocenters. The molecule has 1 atom stereocenters. The second kappa shape index (κ2) is 8.16. The maximum Gasteiger partial charge on any atom is 0.317 e. The normalized spacial score (nSPS) is 21.7. The van der Waals surface area contributed by atoms with Gasteiger partial charge < -0.3 is 24.7 Å². The Hall–Kier alpha value is -2.06. The smallest absolute Gasteiger partial charge is 0.317 e. The molecule has 2 saturated heterocycles. The highest BCUT2D eigenvalue weighted by Crippen LogP contribution is 2.16. The molecule has 0 aliphatic carbocycles. The van der Waals surface area contributed by atoms with Crippen molar-refractivity contribution in [2.24, 2.45) is 0 Å². The molecule has 2 aliphatic rings. The van der Waals surface area contributed by atoms with E-state index in [-0.39, 0.29) is 17.7 Å². The fourth-order valence-electron chi connectivity index (χ4n) is 3.12. The first-order valence-corrected chi connectivity index (χ1v) is 8.40. The van der Waals surface area contributed by atoms with Crippen LogP contribution in [0.25, 0.3) is 0 Å². The lowest BCUT2D eigenvalue weighted by atomic mass is 10.2. The molecule has 3 heterocycles. The average molecular weight is 336 g/mol. The molecule has 24 heavy (non-hydrogen) atoms. The number of ether oxygens (including phenoxy) is 1. The minimum Gasteiger partial charge on any atom is -0.459 e. The Balaban J connectivity index is 1.33. The molecule has 3 amide bonds. The van der Waals surface area contributed by atoms with Gasteiger partial charge in [-0.05, 0) is 18.6 Å². The second-order valence-electron chi connectivity index (χ2n) is 6.00. The molecular weight excluding hydrogens is 312 g/mol. The number of carbonyl (C=O) groups is 2. The molecule has 2 fully saturated rings. The Labute approximate surface area is 141 Å². The number of nitrogens with zero attached hydrogens (tertiary/aromatic N) is 2. The van der Waals surface area contributed by atoms with Crippen LogP contribution in [0, 0.1) is 0 Å². The van der Waals surface area contributed by atoms with E-state index in [0.29, 0.717) is 19.1 Å². The number of likely N-dealkylation sites (tertiary alicyclic amines) is 1. The summed E-state index contributed by atoms with van der Waals surface area (Å²) in [4.78, 5) is 28.1. The van der Waals surface area contributed by atoms with Gasteiger partial charge in [-0.25, -0.2) is 4.79 Å².